The van der Waals surface area contributed by atoms with E-state index in [1.165, 1.54) is 18.6 Å². The van der Waals surface area contributed by atoms with Crippen molar-refractivity contribution in [3.8, 4) is 0 Å². The van der Waals surface area contributed by atoms with E-state index in [-0.39, 0.29) is 5.56 Å². The summed E-state index contributed by atoms with van der Waals surface area (Å²) < 4.78 is 13.3. The molecule has 1 saturated carbocycles. The van der Waals surface area contributed by atoms with Gasteiger partial charge in [-0.15, -0.1) is 0 Å². The van der Waals surface area contributed by atoms with Gasteiger partial charge in [0.25, 0.3) is 0 Å². The Kier molecular flexibility index (Phi) is 4.08. The highest BCUT2D eigenvalue weighted by Crippen LogP contribution is 2.30. The largest absolute Gasteiger partial charge is 0.478 e. The van der Waals surface area contributed by atoms with Crippen LogP contribution in [-0.4, -0.2) is 17.1 Å². The molecule has 1 aliphatic rings. The number of carboxylic acid groups (broad SMARTS) is 1. The highest BCUT2D eigenvalue weighted by atomic mass is 19.1. The van der Waals surface area contributed by atoms with Crippen molar-refractivity contribution >= 4 is 11.7 Å². The van der Waals surface area contributed by atoms with E-state index in [4.69, 9.17) is 5.11 Å². The number of carbonyl (C=O) groups is 1. The maximum absolute atomic E-state index is 13.3. The van der Waals surface area contributed by atoms with Crippen LogP contribution in [0.25, 0.3) is 0 Å². The van der Waals surface area contributed by atoms with Gasteiger partial charge in [0.15, 0.2) is 0 Å². The van der Waals surface area contributed by atoms with Gasteiger partial charge in [-0.3, -0.25) is 0 Å². The van der Waals surface area contributed by atoms with Crippen LogP contribution in [-0.2, 0) is 0 Å². The zero-order chi connectivity index (χ0) is 14.0. The average Bonchev–Trinajstić information content (AvgIpc) is 2.30. The van der Waals surface area contributed by atoms with Crippen molar-refractivity contribution in [1.29, 1.82) is 0 Å². The van der Waals surface area contributed by atoms with Crippen molar-refractivity contribution in [2.75, 3.05) is 5.32 Å². The molecule has 1 aromatic carbocycles. The van der Waals surface area contributed by atoms with Crippen LogP contribution in [0.1, 0.15) is 43.5 Å². The molecule has 19 heavy (non-hydrogen) atoms. The van der Waals surface area contributed by atoms with Crippen LogP contribution in [0.2, 0.25) is 0 Å². The first-order chi connectivity index (χ1) is 8.95. The molecule has 1 aliphatic carbocycles. The second kappa shape index (κ2) is 5.59. The van der Waals surface area contributed by atoms with Crippen molar-refractivity contribution in [1.82, 2.24) is 0 Å². The van der Waals surface area contributed by atoms with Gasteiger partial charge in [-0.05, 0) is 49.3 Å². The fraction of sp³-hybridized carbons (Fsp3) is 0.533. The number of halogens is 1. The lowest BCUT2D eigenvalue weighted by Crippen LogP contribution is -2.30. The standard InChI is InChI=1S/C15H20FNO2/c1-9-5-10(2)7-12(6-9)17-11-3-4-14(16)13(8-11)15(18)19/h3-4,8-10,12,17H,5-7H2,1-2H3,(H,18,19). The summed E-state index contributed by atoms with van der Waals surface area (Å²) in [7, 11) is 0. The minimum atomic E-state index is -1.23. The highest BCUT2D eigenvalue weighted by Gasteiger charge is 2.24. The lowest BCUT2D eigenvalue weighted by Gasteiger charge is -2.32. The number of rotatable bonds is 3. The SMILES string of the molecule is CC1CC(C)CC(Nc2ccc(F)c(C(=O)O)c2)C1. The number of nitrogens with one attached hydrogen (secondary N) is 1. The Bertz CT molecular complexity index is 465. The summed E-state index contributed by atoms with van der Waals surface area (Å²) in [6, 6.07) is 4.53. The lowest BCUT2D eigenvalue weighted by molar-refractivity contribution is 0.0692. The normalized spacial score (nSPS) is 27.0. The Hall–Kier alpha value is -1.58. The van der Waals surface area contributed by atoms with Gasteiger partial charge < -0.3 is 10.4 Å². The third kappa shape index (κ3) is 3.46. The monoisotopic (exact) mass is 265 g/mol. The predicted octanol–water partition coefficient (Wildman–Crippen LogP) is 3.76. The third-order valence-electron chi connectivity index (χ3n) is 3.75. The van der Waals surface area contributed by atoms with Crippen molar-refractivity contribution in [2.24, 2.45) is 11.8 Å². The quantitative estimate of drug-likeness (QED) is 0.874. The van der Waals surface area contributed by atoms with Gasteiger partial charge in [0.1, 0.15) is 5.82 Å². The van der Waals surface area contributed by atoms with Gasteiger partial charge in [-0.25, -0.2) is 9.18 Å². The van der Waals surface area contributed by atoms with E-state index in [0.29, 0.717) is 23.6 Å². The number of hydrogen-bond acceptors (Lipinski definition) is 2. The summed E-state index contributed by atoms with van der Waals surface area (Å²) >= 11 is 0. The Labute approximate surface area is 112 Å². The zero-order valence-electron chi connectivity index (χ0n) is 11.3. The Morgan fingerprint density at radius 3 is 2.47 bits per heavy atom. The van der Waals surface area contributed by atoms with E-state index in [1.54, 1.807) is 6.07 Å². The number of carboxylic acids is 1. The van der Waals surface area contributed by atoms with Crippen molar-refractivity contribution in [3.63, 3.8) is 0 Å². The molecule has 1 fully saturated rings. The van der Waals surface area contributed by atoms with Gasteiger partial charge >= 0.3 is 5.97 Å². The number of anilines is 1. The van der Waals surface area contributed by atoms with Crippen LogP contribution in [0.4, 0.5) is 10.1 Å². The molecule has 2 N–H and O–H groups in total. The van der Waals surface area contributed by atoms with Crippen molar-refractivity contribution < 1.29 is 14.3 Å². The molecule has 0 aromatic heterocycles. The predicted molar refractivity (Wildman–Crippen MR) is 72.9 cm³/mol. The van der Waals surface area contributed by atoms with Crippen LogP contribution in [0.15, 0.2) is 18.2 Å². The second-order valence-electron chi connectivity index (χ2n) is 5.76. The Balaban J connectivity index is 2.10. The van der Waals surface area contributed by atoms with E-state index in [2.05, 4.69) is 19.2 Å². The summed E-state index contributed by atoms with van der Waals surface area (Å²) in [5.74, 6) is -0.587. The molecule has 0 aliphatic heterocycles. The molecule has 0 spiro atoms. The molecular weight excluding hydrogens is 245 g/mol. The summed E-state index contributed by atoms with van der Waals surface area (Å²) in [5, 5.41) is 12.2. The second-order valence-corrected chi connectivity index (χ2v) is 5.76. The van der Waals surface area contributed by atoms with Gasteiger partial charge in [0, 0.05) is 11.7 Å². The number of aromatic carboxylic acids is 1. The van der Waals surface area contributed by atoms with E-state index in [1.807, 2.05) is 0 Å². The molecule has 0 bridgehead atoms. The third-order valence-corrected chi connectivity index (χ3v) is 3.75. The summed E-state index contributed by atoms with van der Waals surface area (Å²) in [4.78, 5) is 10.9. The zero-order valence-corrected chi connectivity index (χ0v) is 11.3. The summed E-state index contributed by atoms with van der Waals surface area (Å²) in [6.07, 6.45) is 3.39. The van der Waals surface area contributed by atoms with Gasteiger partial charge in [0.05, 0.1) is 5.56 Å². The number of benzene rings is 1. The molecule has 0 heterocycles. The first-order valence-corrected chi connectivity index (χ1v) is 6.75. The van der Waals surface area contributed by atoms with Gasteiger partial charge in [0.2, 0.25) is 0 Å². The van der Waals surface area contributed by atoms with Crippen LogP contribution >= 0.6 is 0 Å². The minimum Gasteiger partial charge on any atom is -0.478 e. The van der Waals surface area contributed by atoms with E-state index >= 15 is 0 Å². The van der Waals surface area contributed by atoms with Crippen LogP contribution in [0, 0.1) is 17.7 Å². The lowest BCUT2D eigenvalue weighted by atomic mass is 9.80. The molecule has 0 radical (unpaired) electrons. The molecular formula is C15H20FNO2. The molecule has 2 unspecified atom stereocenters. The first-order valence-electron chi connectivity index (χ1n) is 6.75. The van der Waals surface area contributed by atoms with Crippen molar-refractivity contribution in [2.45, 2.75) is 39.2 Å². The molecule has 0 amide bonds. The molecule has 4 heteroatoms. The van der Waals surface area contributed by atoms with Crippen LogP contribution < -0.4 is 5.32 Å². The number of hydrogen-bond donors (Lipinski definition) is 2. The van der Waals surface area contributed by atoms with Gasteiger partial charge in [-0.1, -0.05) is 13.8 Å². The molecule has 2 atom stereocenters. The van der Waals surface area contributed by atoms with E-state index < -0.39 is 11.8 Å². The molecule has 2 rings (SSSR count). The highest BCUT2D eigenvalue weighted by molar-refractivity contribution is 5.89. The maximum atomic E-state index is 13.3. The molecule has 1 aromatic rings. The van der Waals surface area contributed by atoms with E-state index in [0.717, 1.165) is 12.8 Å². The Morgan fingerprint density at radius 2 is 1.89 bits per heavy atom. The summed E-state index contributed by atoms with van der Waals surface area (Å²) in [6.45, 7) is 4.47. The smallest absolute Gasteiger partial charge is 0.338 e. The molecule has 104 valence electrons. The summed E-state index contributed by atoms with van der Waals surface area (Å²) in [5.41, 5.74) is 0.409. The fourth-order valence-corrected chi connectivity index (χ4v) is 3.08. The van der Waals surface area contributed by atoms with Crippen molar-refractivity contribution in [3.05, 3.63) is 29.6 Å². The van der Waals surface area contributed by atoms with Gasteiger partial charge in [-0.2, -0.15) is 0 Å². The first kappa shape index (κ1) is 13.8. The minimum absolute atomic E-state index is 0.276. The fourth-order valence-electron chi connectivity index (χ4n) is 3.08. The van der Waals surface area contributed by atoms with Crippen LogP contribution in [0.3, 0.4) is 0 Å². The Morgan fingerprint density at radius 1 is 1.26 bits per heavy atom. The van der Waals surface area contributed by atoms with E-state index in [9.17, 15) is 9.18 Å². The topological polar surface area (TPSA) is 49.3 Å². The maximum Gasteiger partial charge on any atom is 0.338 e. The molecule has 3 nitrogen and oxygen atoms in total. The average molecular weight is 265 g/mol. The van der Waals surface area contributed by atoms with Crippen LogP contribution in [0.5, 0.6) is 0 Å². The molecule has 0 saturated heterocycles.